The highest BCUT2D eigenvalue weighted by Crippen LogP contribution is 2.29. The first-order chi connectivity index (χ1) is 8.54. The predicted octanol–water partition coefficient (Wildman–Crippen LogP) is 3.42. The summed E-state index contributed by atoms with van der Waals surface area (Å²) in [6.45, 7) is 9.50. The normalized spacial score (nSPS) is 13.3. The monoisotopic (exact) mass is 331 g/mol. The summed E-state index contributed by atoms with van der Waals surface area (Å²) in [4.78, 5) is 13.6. The Kier molecular flexibility index (Phi) is 4.66. The molecule has 0 N–H and O–H groups in total. The first kappa shape index (κ1) is 16.0. The van der Waals surface area contributed by atoms with Gasteiger partial charge in [0.05, 0.1) is 6.04 Å². The van der Waals surface area contributed by atoms with E-state index >= 15 is 0 Å². The Balaban J connectivity index is 2.94. The maximum Gasteiger partial charge on any atom is 0.410 e. The summed E-state index contributed by atoms with van der Waals surface area (Å²) >= 11 is 3.44. The number of halogens is 1. The van der Waals surface area contributed by atoms with Crippen molar-refractivity contribution in [3.63, 3.8) is 0 Å². The summed E-state index contributed by atoms with van der Waals surface area (Å²) in [5, 5.41) is 4.30. The molecule has 6 heteroatoms. The number of nitrogens with zero attached hydrogens (tertiary/aromatic N) is 3. The molecule has 1 atom stereocenters. The van der Waals surface area contributed by atoms with Crippen molar-refractivity contribution in [2.24, 2.45) is 7.05 Å². The van der Waals surface area contributed by atoms with E-state index in [4.69, 9.17) is 4.74 Å². The molecule has 1 amide bonds. The van der Waals surface area contributed by atoms with E-state index in [2.05, 4.69) is 21.0 Å². The molecule has 0 saturated carbocycles. The number of carbonyl (C=O) groups excluding carboxylic acids is 1. The molecule has 0 saturated heterocycles. The third-order valence-corrected chi connectivity index (χ3v) is 3.60. The zero-order valence-corrected chi connectivity index (χ0v) is 14.2. The molecular weight excluding hydrogens is 310 g/mol. The van der Waals surface area contributed by atoms with Crippen LogP contribution in [0.1, 0.15) is 45.0 Å². The van der Waals surface area contributed by atoms with Crippen LogP contribution in [0.2, 0.25) is 0 Å². The van der Waals surface area contributed by atoms with Crippen LogP contribution in [0.3, 0.4) is 0 Å². The van der Waals surface area contributed by atoms with Crippen molar-refractivity contribution in [2.75, 3.05) is 7.05 Å². The fourth-order valence-electron chi connectivity index (χ4n) is 1.74. The van der Waals surface area contributed by atoms with Crippen LogP contribution in [-0.4, -0.2) is 33.4 Å². The Hall–Kier alpha value is -1.04. The molecule has 1 rings (SSSR count). The first-order valence-corrected chi connectivity index (χ1v) is 6.98. The van der Waals surface area contributed by atoms with Crippen molar-refractivity contribution in [1.82, 2.24) is 14.7 Å². The number of carbonyl (C=O) groups is 1. The second-order valence-corrected chi connectivity index (χ2v) is 6.43. The second kappa shape index (κ2) is 5.53. The topological polar surface area (TPSA) is 47.4 Å². The van der Waals surface area contributed by atoms with Crippen LogP contribution in [0, 0.1) is 6.92 Å². The predicted molar refractivity (Wildman–Crippen MR) is 78.1 cm³/mol. The van der Waals surface area contributed by atoms with Crippen LogP contribution < -0.4 is 0 Å². The standard InChI is InChI=1S/C13H22BrN3O2/c1-8(10-9(2)17(7)15-11(10)14)16(6)12(18)19-13(3,4)5/h8H,1-7H3. The Morgan fingerprint density at radius 3 is 2.37 bits per heavy atom. The molecular formula is C13H22BrN3O2. The summed E-state index contributed by atoms with van der Waals surface area (Å²) in [5.74, 6) is 0. The quantitative estimate of drug-likeness (QED) is 0.834. The van der Waals surface area contributed by atoms with Crippen molar-refractivity contribution in [2.45, 2.75) is 46.3 Å². The van der Waals surface area contributed by atoms with Crippen LogP contribution >= 0.6 is 15.9 Å². The van der Waals surface area contributed by atoms with Gasteiger partial charge >= 0.3 is 6.09 Å². The van der Waals surface area contributed by atoms with E-state index in [1.165, 1.54) is 0 Å². The molecule has 1 heterocycles. The number of ether oxygens (including phenoxy) is 1. The zero-order valence-electron chi connectivity index (χ0n) is 12.6. The Bertz CT molecular complexity index is 477. The van der Waals surface area contributed by atoms with Crippen molar-refractivity contribution >= 4 is 22.0 Å². The van der Waals surface area contributed by atoms with Gasteiger partial charge in [0.1, 0.15) is 10.2 Å². The summed E-state index contributed by atoms with van der Waals surface area (Å²) in [6, 6.07) is -0.113. The van der Waals surface area contributed by atoms with Crippen LogP contribution in [-0.2, 0) is 11.8 Å². The van der Waals surface area contributed by atoms with Gasteiger partial charge in [0.2, 0.25) is 0 Å². The number of aryl methyl sites for hydroxylation is 1. The second-order valence-electron chi connectivity index (χ2n) is 5.68. The van der Waals surface area contributed by atoms with Crippen molar-refractivity contribution in [3.8, 4) is 0 Å². The van der Waals surface area contributed by atoms with Crippen molar-refractivity contribution in [3.05, 3.63) is 15.9 Å². The van der Waals surface area contributed by atoms with Crippen molar-refractivity contribution < 1.29 is 9.53 Å². The van der Waals surface area contributed by atoms with Gasteiger partial charge in [0.25, 0.3) is 0 Å². The van der Waals surface area contributed by atoms with E-state index < -0.39 is 5.60 Å². The number of hydrogen-bond donors (Lipinski definition) is 0. The Morgan fingerprint density at radius 1 is 1.47 bits per heavy atom. The number of rotatable bonds is 2. The van der Waals surface area contributed by atoms with E-state index in [0.717, 1.165) is 15.9 Å². The van der Waals surface area contributed by atoms with Crippen LogP contribution in [0.5, 0.6) is 0 Å². The van der Waals surface area contributed by atoms with Gasteiger partial charge < -0.3 is 9.64 Å². The molecule has 108 valence electrons. The number of hydrogen-bond acceptors (Lipinski definition) is 3. The lowest BCUT2D eigenvalue weighted by Gasteiger charge is -2.28. The zero-order chi connectivity index (χ0) is 15.0. The van der Waals surface area contributed by atoms with Crippen LogP contribution in [0.4, 0.5) is 4.79 Å². The highest BCUT2D eigenvalue weighted by molar-refractivity contribution is 9.10. The SMILES string of the molecule is Cc1c(C(C)N(C)C(=O)OC(C)(C)C)c(Br)nn1C. The molecule has 0 aliphatic heterocycles. The summed E-state index contributed by atoms with van der Waals surface area (Å²) < 4.78 is 7.92. The van der Waals surface area contributed by atoms with Crippen LogP contribution in [0.15, 0.2) is 4.60 Å². The Labute approximate surface area is 123 Å². The molecule has 1 aromatic heterocycles. The van der Waals surface area contributed by atoms with Gasteiger partial charge in [-0.2, -0.15) is 5.10 Å². The van der Waals surface area contributed by atoms with E-state index in [1.807, 2.05) is 41.7 Å². The summed E-state index contributed by atoms with van der Waals surface area (Å²) in [5.41, 5.74) is 1.53. The average molecular weight is 332 g/mol. The van der Waals surface area contributed by atoms with Gasteiger partial charge in [-0.15, -0.1) is 0 Å². The largest absolute Gasteiger partial charge is 0.444 e. The number of aromatic nitrogens is 2. The van der Waals surface area contributed by atoms with Gasteiger partial charge in [-0.25, -0.2) is 4.79 Å². The molecule has 0 aromatic carbocycles. The third kappa shape index (κ3) is 3.72. The molecule has 0 spiro atoms. The Morgan fingerprint density at radius 2 is 2.00 bits per heavy atom. The molecule has 0 aliphatic carbocycles. The molecule has 0 bridgehead atoms. The minimum absolute atomic E-state index is 0.113. The fraction of sp³-hybridized carbons (Fsp3) is 0.692. The van der Waals surface area contributed by atoms with Gasteiger partial charge in [0, 0.05) is 25.4 Å². The lowest BCUT2D eigenvalue weighted by Crippen LogP contribution is -2.36. The van der Waals surface area contributed by atoms with Gasteiger partial charge in [-0.3, -0.25) is 4.68 Å². The molecule has 1 aromatic rings. The first-order valence-electron chi connectivity index (χ1n) is 6.19. The average Bonchev–Trinajstić information content (AvgIpc) is 2.49. The summed E-state index contributed by atoms with van der Waals surface area (Å²) in [6.07, 6.45) is -0.338. The molecule has 19 heavy (non-hydrogen) atoms. The highest BCUT2D eigenvalue weighted by atomic mass is 79.9. The summed E-state index contributed by atoms with van der Waals surface area (Å²) in [7, 11) is 3.61. The molecule has 1 unspecified atom stereocenters. The van der Waals surface area contributed by atoms with Crippen LogP contribution in [0.25, 0.3) is 0 Å². The highest BCUT2D eigenvalue weighted by Gasteiger charge is 2.27. The molecule has 0 aliphatic rings. The molecule has 0 fully saturated rings. The lowest BCUT2D eigenvalue weighted by molar-refractivity contribution is 0.0233. The lowest BCUT2D eigenvalue weighted by atomic mass is 10.1. The molecule has 0 radical (unpaired) electrons. The van der Waals surface area contributed by atoms with Gasteiger partial charge in [0.15, 0.2) is 0 Å². The molecule has 5 nitrogen and oxygen atoms in total. The van der Waals surface area contributed by atoms with Gasteiger partial charge in [-0.05, 0) is 50.5 Å². The number of amides is 1. The fourth-order valence-corrected chi connectivity index (χ4v) is 2.60. The minimum Gasteiger partial charge on any atom is -0.444 e. The van der Waals surface area contributed by atoms with Crippen molar-refractivity contribution in [1.29, 1.82) is 0 Å². The maximum atomic E-state index is 12.1. The third-order valence-electron chi connectivity index (χ3n) is 3.02. The minimum atomic E-state index is -0.494. The van der Waals surface area contributed by atoms with E-state index in [0.29, 0.717) is 0 Å². The van der Waals surface area contributed by atoms with E-state index in [-0.39, 0.29) is 12.1 Å². The van der Waals surface area contributed by atoms with Gasteiger partial charge in [-0.1, -0.05) is 0 Å². The maximum absolute atomic E-state index is 12.1. The van der Waals surface area contributed by atoms with E-state index in [1.54, 1.807) is 16.6 Å². The smallest absolute Gasteiger partial charge is 0.410 e. The van der Waals surface area contributed by atoms with E-state index in [9.17, 15) is 4.79 Å².